The van der Waals surface area contributed by atoms with E-state index in [4.69, 9.17) is 0 Å². The van der Waals surface area contributed by atoms with Gasteiger partial charge in [-0.1, -0.05) is 26.0 Å². The molecule has 4 aromatic rings. The Hall–Kier alpha value is -0.890. The molecule has 25 heavy (non-hydrogen) atoms. The molecule has 0 amide bonds. The molecular weight excluding hydrogens is 514 g/mol. The van der Waals surface area contributed by atoms with Crippen LogP contribution in [0.3, 0.4) is 0 Å². The zero-order valence-corrected chi connectivity index (χ0v) is 19.5. The van der Waals surface area contributed by atoms with Crippen LogP contribution in [0.4, 0.5) is 0 Å². The second-order valence-electron chi connectivity index (χ2n) is 6.38. The van der Waals surface area contributed by atoms with Crippen LogP contribution in [0.1, 0.15) is 22.3 Å². The Labute approximate surface area is 181 Å². The summed E-state index contributed by atoms with van der Waals surface area (Å²) >= 11 is 0. The van der Waals surface area contributed by atoms with Crippen LogP contribution in [-0.2, 0) is 38.7 Å². The van der Waals surface area contributed by atoms with E-state index in [2.05, 4.69) is 74.5 Å². The molecule has 0 saturated carbocycles. The van der Waals surface area contributed by atoms with E-state index in [1.54, 1.807) is 0 Å². The predicted molar refractivity (Wildman–Crippen MR) is 96.0 cm³/mol. The molecule has 0 heterocycles. The molecule has 126 valence electrons. The van der Waals surface area contributed by atoms with E-state index in [1.807, 2.05) is 0 Å². The molecule has 0 aliphatic carbocycles. The summed E-state index contributed by atoms with van der Waals surface area (Å²) in [5.74, 6) is 0. The van der Waals surface area contributed by atoms with E-state index in [9.17, 15) is 0 Å². The van der Waals surface area contributed by atoms with Crippen molar-refractivity contribution in [2.45, 2.75) is 26.7 Å². The van der Waals surface area contributed by atoms with Crippen molar-refractivity contribution in [3.63, 3.8) is 0 Å². The van der Waals surface area contributed by atoms with Gasteiger partial charge in [-0.25, -0.2) is 0 Å². The van der Waals surface area contributed by atoms with Crippen LogP contribution in [0.2, 0.25) is 0 Å². The molecule has 0 bridgehead atoms. The molecule has 0 aliphatic heterocycles. The van der Waals surface area contributed by atoms with Crippen molar-refractivity contribution < 1.29 is 50.7 Å². The van der Waals surface area contributed by atoms with E-state index in [0.29, 0.717) is 0 Å². The van der Waals surface area contributed by atoms with Crippen molar-refractivity contribution in [1.29, 1.82) is 0 Å². The number of hydrogen-bond acceptors (Lipinski definition) is 0. The fraction of sp³-hybridized carbons (Fsp3) is 0.182. The largest absolute Gasteiger partial charge is 4.00 e. The zero-order valence-electron chi connectivity index (χ0n) is 14.4. The molecule has 0 aromatic heterocycles. The van der Waals surface area contributed by atoms with Crippen molar-refractivity contribution in [3.05, 3.63) is 82.9 Å². The van der Waals surface area contributed by atoms with Gasteiger partial charge >= 0.3 is 25.8 Å². The third kappa shape index (κ3) is 4.45. The van der Waals surface area contributed by atoms with E-state index < -0.39 is 0 Å². The minimum atomic E-state index is 0. The monoisotopic (exact) mass is 534 g/mol. The van der Waals surface area contributed by atoms with Crippen LogP contribution in [0.15, 0.2) is 60.7 Å². The average molecular weight is 534 g/mol. The minimum Gasteiger partial charge on any atom is -1.00 e. The molecule has 0 aliphatic rings. The molecule has 4 aromatic carbocycles. The summed E-state index contributed by atoms with van der Waals surface area (Å²) in [5, 5.41) is 5.55. The molecular formula is C22H20Cl2Hf. The van der Waals surface area contributed by atoms with E-state index >= 15 is 0 Å². The number of halogens is 2. The molecule has 0 radical (unpaired) electrons. The second-order valence-corrected chi connectivity index (χ2v) is 6.38. The molecule has 0 nitrogen and oxygen atoms in total. The molecule has 0 unspecified atom stereocenters. The molecule has 0 atom stereocenters. The van der Waals surface area contributed by atoms with E-state index in [0.717, 1.165) is 12.8 Å². The zero-order chi connectivity index (χ0) is 15.1. The smallest absolute Gasteiger partial charge is 1.00 e. The summed E-state index contributed by atoms with van der Waals surface area (Å²) in [4.78, 5) is 0. The van der Waals surface area contributed by atoms with Gasteiger partial charge < -0.3 is 24.8 Å². The van der Waals surface area contributed by atoms with Gasteiger partial charge in [0, 0.05) is 0 Å². The normalized spacial score (nSPS) is 10.2. The number of rotatable bonds is 3. The Kier molecular flexibility index (Phi) is 8.12. The number of hydrogen-bond donors (Lipinski definition) is 0. The molecule has 4 rings (SSSR count). The Balaban J connectivity index is 0.00000104. The van der Waals surface area contributed by atoms with Gasteiger partial charge in [-0.05, 0) is 12.8 Å². The third-order valence-corrected chi connectivity index (χ3v) is 4.76. The standard InChI is InChI=1S/C22H20.2ClH.Hf/c1-15-5-3-7-19-11-17(13-21(15)19)9-10-18-12-20-8-4-6-16(2)22(20)14-18;;;/h3-8,11-14H,9-10H2,1-2H3;2*1H;/q-2;;;+4/p-2. The summed E-state index contributed by atoms with van der Waals surface area (Å²) in [6.07, 6.45) is 2.23. The molecule has 0 N–H and O–H groups in total. The van der Waals surface area contributed by atoms with Crippen LogP contribution in [0.25, 0.3) is 21.5 Å². The maximum Gasteiger partial charge on any atom is 4.00 e. The van der Waals surface area contributed by atoms with Gasteiger partial charge in [0.15, 0.2) is 0 Å². The Morgan fingerprint density at radius 3 is 1.44 bits per heavy atom. The number of benzene rings is 2. The van der Waals surface area contributed by atoms with Crippen molar-refractivity contribution >= 4 is 21.5 Å². The van der Waals surface area contributed by atoms with E-state index in [1.165, 1.54) is 43.8 Å². The van der Waals surface area contributed by atoms with Gasteiger partial charge in [0.25, 0.3) is 0 Å². The summed E-state index contributed by atoms with van der Waals surface area (Å²) in [6.45, 7) is 4.39. The first-order valence-electron chi connectivity index (χ1n) is 8.00. The van der Waals surface area contributed by atoms with Crippen molar-refractivity contribution in [2.75, 3.05) is 0 Å². The number of aryl methyl sites for hydroxylation is 4. The minimum absolute atomic E-state index is 0. The SMILES string of the molecule is Cc1cccc2cc(CCc3cc4cccc(C)c4[cH-]3)[cH-]c12.[Cl-].[Cl-].[Hf+4]. The van der Waals surface area contributed by atoms with Crippen LogP contribution in [0, 0.1) is 13.8 Å². The van der Waals surface area contributed by atoms with E-state index in [-0.39, 0.29) is 50.7 Å². The summed E-state index contributed by atoms with van der Waals surface area (Å²) in [7, 11) is 0. The Bertz CT molecular complexity index is 883. The quantitative estimate of drug-likeness (QED) is 0.254. The van der Waals surface area contributed by atoms with Crippen LogP contribution in [0.5, 0.6) is 0 Å². The Morgan fingerprint density at radius 1 is 0.680 bits per heavy atom. The van der Waals surface area contributed by atoms with Crippen molar-refractivity contribution in [2.24, 2.45) is 0 Å². The summed E-state index contributed by atoms with van der Waals surface area (Å²) < 4.78 is 0. The van der Waals surface area contributed by atoms with Crippen LogP contribution >= 0.6 is 0 Å². The fourth-order valence-corrected chi connectivity index (χ4v) is 3.48. The van der Waals surface area contributed by atoms with Crippen molar-refractivity contribution in [1.82, 2.24) is 0 Å². The third-order valence-electron chi connectivity index (χ3n) is 4.76. The first kappa shape index (κ1) is 22.2. The van der Waals surface area contributed by atoms with Gasteiger partial charge in [0.1, 0.15) is 0 Å². The molecule has 0 spiro atoms. The van der Waals surface area contributed by atoms with Crippen LogP contribution < -0.4 is 24.8 Å². The van der Waals surface area contributed by atoms with Crippen molar-refractivity contribution in [3.8, 4) is 0 Å². The first-order valence-corrected chi connectivity index (χ1v) is 8.00. The summed E-state index contributed by atoms with van der Waals surface area (Å²) in [5.41, 5.74) is 5.65. The maximum atomic E-state index is 2.36. The van der Waals surface area contributed by atoms with Gasteiger partial charge in [-0.15, -0.1) is 80.2 Å². The van der Waals surface area contributed by atoms with Crippen LogP contribution in [-0.4, -0.2) is 0 Å². The number of fused-ring (bicyclic) bond motifs is 2. The Morgan fingerprint density at radius 2 is 1.08 bits per heavy atom. The second kappa shape index (κ2) is 9.16. The topological polar surface area (TPSA) is 0 Å². The molecule has 0 fully saturated rings. The van der Waals surface area contributed by atoms with Gasteiger partial charge in [0.05, 0.1) is 0 Å². The summed E-state index contributed by atoms with van der Waals surface area (Å²) in [6, 6.07) is 22.5. The maximum absolute atomic E-state index is 2.36. The first-order chi connectivity index (χ1) is 10.7. The average Bonchev–Trinajstić information content (AvgIpc) is 3.10. The predicted octanol–water partition coefficient (Wildman–Crippen LogP) is -0.162. The molecule has 0 saturated heterocycles. The molecule has 3 heteroatoms. The van der Waals surface area contributed by atoms with Gasteiger partial charge in [0.2, 0.25) is 0 Å². The van der Waals surface area contributed by atoms with Gasteiger partial charge in [-0.3, -0.25) is 0 Å². The van der Waals surface area contributed by atoms with Gasteiger partial charge in [-0.2, -0.15) is 12.1 Å². The fourth-order valence-electron chi connectivity index (χ4n) is 3.48.